The average molecular weight is 189 g/mol. The molecule has 2 heteroatoms. The summed E-state index contributed by atoms with van der Waals surface area (Å²) < 4.78 is 5.24. The van der Waals surface area contributed by atoms with Crippen LogP contribution in [0.15, 0.2) is 18.2 Å². The van der Waals surface area contributed by atoms with Crippen molar-refractivity contribution < 1.29 is 4.74 Å². The van der Waals surface area contributed by atoms with Gasteiger partial charge in [0.25, 0.3) is 0 Å². The van der Waals surface area contributed by atoms with Crippen LogP contribution in [0.2, 0.25) is 0 Å². The highest BCUT2D eigenvalue weighted by molar-refractivity contribution is 5.45. The molecule has 14 heavy (non-hydrogen) atoms. The molecule has 0 unspecified atom stereocenters. The minimum absolute atomic E-state index is 0.486. The Morgan fingerprint density at radius 3 is 2.93 bits per heavy atom. The van der Waals surface area contributed by atoms with Crippen molar-refractivity contribution in [2.45, 2.75) is 24.8 Å². The first-order chi connectivity index (χ1) is 6.84. The molecule has 0 atom stereocenters. The van der Waals surface area contributed by atoms with E-state index in [2.05, 4.69) is 23.5 Å². The molecule has 2 nitrogen and oxygen atoms in total. The fourth-order valence-corrected chi connectivity index (χ4v) is 2.49. The Morgan fingerprint density at radius 2 is 2.21 bits per heavy atom. The van der Waals surface area contributed by atoms with Crippen LogP contribution in [0.5, 0.6) is 5.75 Å². The second-order valence-electron chi connectivity index (χ2n) is 4.41. The molecule has 1 aliphatic carbocycles. The van der Waals surface area contributed by atoms with E-state index in [0.29, 0.717) is 5.41 Å². The molecule has 0 saturated heterocycles. The molecule has 0 amide bonds. The van der Waals surface area contributed by atoms with Crippen LogP contribution in [0, 0.1) is 0 Å². The lowest BCUT2D eigenvalue weighted by Gasteiger charge is -2.26. The molecule has 74 valence electrons. The van der Waals surface area contributed by atoms with E-state index in [4.69, 9.17) is 4.74 Å². The molecule has 1 saturated carbocycles. The summed E-state index contributed by atoms with van der Waals surface area (Å²) in [6, 6.07) is 6.51. The highest BCUT2D eigenvalue weighted by Crippen LogP contribution is 2.50. The van der Waals surface area contributed by atoms with Crippen LogP contribution in [0.4, 0.5) is 0 Å². The topological polar surface area (TPSA) is 21.3 Å². The number of hydrogen-bond acceptors (Lipinski definition) is 2. The van der Waals surface area contributed by atoms with Gasteiger partial charge in [-0.25, -0.2) is 0 Å². The van der Waals surface area contributed by atoms with Gasteiger partial charge in [0.2, 0.25) is 0 Å². The third kappa shape index (κ3) is 1.07. The maximum Gasteiger partial charge on any atom is 0.119 e. The predicted octanol–water partition coefficient (Wildman–Crippen LogP) is 1.83. The molecule has 2 aliphatic rings. The summed E-state index contributed by atoms with van der Waals surface area (Å²) in [5.41, 5.74) is 3.46. The van der Waals surface area contributed by atoms with Crippen molar-refractivity contribution in [2.24, 2.45) is 0 Å². The van der Waals surface area contributed by atoms with Crippen LogP contribution < -0.4 is 10.1 Å². The van der Waals surface area contributed by atoms with Gasteiger partial charge in [0.05, 0.1) is 7.11 Å². The van der Waals surface area contributed by atoms with Crippen LogP contribution >= 0.6 is 0 Å². The molecule has 0 radical (unpaired) electrons. The normalized spacial score (nSPS) is 21.8. The summed E-state index contributed by atoms with van der Waals surface area (Å²) in [6.45, 7) is 2.15. The molecule has 1 N–H and O–H groups in total. The largest absolute Gasteiger partial charge is 0.497 e. The molecule has 1 fully saturated rings. The predicted molar refractivity (Wildman–Crippen MR) is 55.6 cm³/mol. The minimum atomic E-state index is 0.486. The molecule has 1 heterocycles. The van der Waals surface area contributed by atoms with E-state index in [-0.39, 0.29) is 0 Å². The zero-order chi connectivity index (χ0) is 9.60. The Hall–Kier alpha value is -1.02. The van der Waals surface area contributed by atoms with E-state index in [0.717, 1.165) is 18.8 Å². The monoisotopic (exact) mass is 189 g/mol. The Balaban J connectivity index is 2.07. The lowest BCUT2D eigenvalue weighted by atomic mass is 9.88. The fourth-order valence-electron chi connectivity index (χ4n) is 2.49. The number of hydrogen-bond donors (Lipinski definition) is 1. The summed E-state index contributed by atoms with van der Waals surface area (Å²) in [5, 5.41) is 3.49. The van der Waals surface area contributed by atoms with Crippen molar-refractivity contribution in [1.29, 1.82) is 0 Å². The van der Waals surface area contributed by atoms with Gasteiger partial charge in [0, 0.05) is 18.5 Å². The summed E-state index contributed by atoms with van der Waals surface area (Å²) >= 11 is 0. The lowest BCUT2D eigenvalue weighted by molar-refractivity contribution is 0.412. The molecular formula is C12H15NO. The standard InChI is InChI=1S/C12H15NO/c1-14-10-2-3-11-9(6-10)7-13-8-12(11)4-5-12/h2-3,6,13H,4-5,7-8H2,1H3. The van der Waals surface area contributed by atoms with Crippen molar-refractivity contribution in [1.82, 2.24) is 5.32 Å². The first-order valence-electron chi connectivity index (χ1n) is 5.22. The van der Waals surface area contributed by atoms with Gasteiger partial charge < -0.3 is 10.1 Å². The molecule has 1 aromatic rings. The molecule has 0 bridgehead atoms. The van der Waals surface area contributed by atoms with Gasteiger partial charge in [-0.3, -0.25) is 0 Å². The van der Waals surface area contributed by atoms with Gasteiger partial charge in [0.1, 0.15) is 5.75 Å². The third-order valence-electron chi connectivity index (χ3n) is 3.52. The number of fused-ring (bicyclic) bond motifs is 2. The van der Waals surface area contributed by atoms with Crippen LogP contribution in [-0.4, -0.2) is 13.7 Å². The first-order valence-corrected chi connectivity index (χ1v) is 5.22. The lowest BCUT2D eigenvalue weighted by Crippen LogP contribution is -2.33. The van der Waals surface area contributed by atoms with Gasteiger partial charge in [-0.1, -0.05) is 6.07 Å². The van der Waals surface area contributed by atoms with Crippen molar-refractivity contribution >= 4 is 0 Å². The maximum atomic E-state index is 5.24. The van der Waals surface area contributed by atoms with E-state index in [1.807, 2.05) is 0 Å². The van der Waals surface area contributed by atoms with Crippen molar-refractivity contribution in [3.8, 4) is 5.75 Å². The fraction of sp³-hybridized carbons (Fsp3) is 0.500. The molecule has 1 spiro atoms. The second-order valence-corrected chi connectivity index (χ2v) is 4.41. The summed E-state index contributed by atoms with van der Waals surface area (Å²) in [5.74, 6) is 0.975. The van der Waals surface area contributed by atoms with Crippen LogP contribution in [0.3, 0.4) is 0 Å². The molecular weight excluding hydrogens is 174 g/mol. The summed E-state index contributed by atoms with van der Waals surface area (Å²) in [6.07, 6.45) is 2.69. The third-order valence-corrected chi connectivity index (χ3v) is 3.52. The number of methoxy groups -OCH3 is 1. The zero-order valence-corrected chi connectivity index (χ0v) is 8.47. The smallest absolute Gasteiger partial charge is 0.119 e. The van der Waals surface area contributed by atoms with E-state index >= 15 is 0 Å². The number of ether oxygens (including phenoxy) is 1. The van der Waals surface area contributed by atoms with Crippen molar-refractivity contribution in [3.05, 3.63) is 29.3 Å². The van der Waals surface area contributed by atoms with Gasteiger partial charge >= 0.3 is 0 Å². The zero-order valence-electron chi connectivity index (χ0n) is 8.47. The Kier molecular flexibility index (Phi) is 1.62. The van der Waals surface area contributed by atoms with E-state index in [1.165, 1.54) is 18.4 Å². The average Bonchev–Trinajstić information content (AvgIpc) is 2.99. The SMILES string of the molecule is COc1ccc2c(c1)CNCC21CC1. The number of benzene rings is 1. The molecule has 1 aromatic carbocycles. The van der Waals surface area contributed by atoms with E-state index < -0.39 is 0 Å². The van der Waals surface area contributed by atoms with Crippen LogP contribution in [0.25, 0.3) is 0 Å². The van der Waals surface area contributed by atoms with E-state index in [9.17, 15) is 0 Å². The van der Waals surface area contributed by atoms with Gasteiger partial charge in [-0.05, 0) is 36.1 Å². The van der Waals surface area contributed by atoms with Gasteiger partial charge in [0.15, 0.2) is 0 Å². The van der Waals surface area contributed by atoms with Gasteiger partial charge in [-0.15, -0.1) is 0 Å². The molecule has 0 aromatic heterocycles. The Morgan fingerprint density at radius 1 is 1.36 bits per heavy atom. The van der Waals surface area contributed by atoms with Crippen LogP contribution in [0.1, 0.15) is 24.0 Å². The molecule has 3 rings (SSSR count). The summed E-state index contributed by atoms with van der Waals surface area (Å²) in [4.78, 5) is 0. The minimum Gasteiger partial charge on any atom is -0.497 e. The number of rotatable bonds is 1. The highest BCUT2D eigenvalue weighted by Gasteiger charge is 2.46. The van der Waals surface area contributed by atoms with Gasteiger partial charge in [-0.2, -0.15) is 0 Å². The number of nitrogens with one attached hydrogen (secondary N) is 1. The van der Waals surface area contributed by atoms with Crippen molar-refractivity contribution in [3.63, 3.8) is 0 Å². The first kappa shape index (κ1) is 8.30. The molecule has 1 aliphatic heterocycles. The van der Waals surface area contributed by atoms with Crippen LogP contribution in [-0.2, 0) is 12.0 Å². The second kappa shape index (κ2) is 2.74. The van der Waals surface area contributed by atoms with E-state index in [1.54, 1.807) is 12.7 Å². The quantitative estimate of drug-likeness (QED) is 0.727. The van der Waals surface area contributed by atoms with Crippen molar-refractivity contribution in [2.75, 3.05) is 13.7 Å². The summed E-state index contributed by atoms with van der Waals surface area (Å²) in [7, 11) is 1.73. The Labute approximate surface area is 84.3 Å². The Bertz CT molecular complexity index is 369. The highest BCUT2D eigenvalue weighted by atomic mass is 16.5. The maximum absolute atomic E-state index is 5.24.